The van der Waals surface area contributed by atoms with Gasteiger partial charge in [0.2, 0.25) is 5.91 Å². The summed E-state index contributed by atoms with van der Waals surface area (Å²) in [6, 6.07) is 4.07. The van der Waals surface area contributed by atoms with Crippen LogP contribution in [-0.4, -0.2) is 43.9 Å². The number of nitrogens with one attached hydrogen (secondary N) is 2. The van der Waals surface area contributed by atoms with Gasteiger partial charge in [-0.1, -0.05) is 0 Å². The number of carbonyl (C=O) groups is 2. The van der Waals surface area contributed by atoms with Crippen molar-refractivity contribution in [2.75, 3.05) is 32.5 Å². The highest BCUT2D eigenvalue weighted by molar-refractivity contribution is 5.97. The lowest BCUT2D eigenvalue weighted by atomic mass is 9.93. The molecule has 1 heterocycles. The zero-order chi connectivity index (χ0) is 16.8. The first-order valence-corrected chi connectivity index (χ1v) is 7.99. The predicted molar refractivity (Wildman–Crippen MR) is 87.9 cm³/mol. The second kappa shape index (κ2) is 8.06. The van der Waals surface area contributed by atoms with E-state index in [4.69, 9.17) is 0 Å². The maximum Gasteiger partial charge on any atom is 0.256 e. The highest BCUT2D eigenvalue weighted by Gasteiger charge is 2.17. The van der Waals surface area contributed by atoms with Crippen LogP contribution in [0.15, 0.2) is 18.2 Å². The maximum absolute atomic E-state index is 13.7. The topological polar surface area (TPSA) is 61.4 Å². The number of hydrogen-bond donors (Lipinski definition) is 2. The third-order valence-corrected chi connectivity index (χ3v) is 4.13. The average molecular weight is 321 g/mol. The van der Waals surface area contributed by atoms with Crippen molar-refractivity contribution in [1.82, 2.24) is 10.2 Å². The van der Waals surface area contributed by atoms with E-state index in [1.807, 2.05) is 0 Å². The molecule has 1 aliphatic heterocycles. The average Bonchev–Trinajstić information content (AvgIpc) is 2.55. The van der Waals surface area contributed by atoms with E-state index >= 15 is 0 Å². The summed E-state index contributed by atoms with van der Waals surface area (Å²) in [4.78, 5) is 25.2. The van der Waals surface area contributed by atoms with Crippen molar-refractivity contribution in [1.29, 1.82) is 0 Å². The molecule has 0 radical (unpaired) electrons. The second-order valence-corrected chi connectivity index (χ2v) is 6.17. The van der Waals surface area contributed by atoms with Gasteiger partial charge in [-0.15, -0.1) is 0 Å². The third kappa shape index (κ3) is 5.03. The molecule has 1 aromatic rings. The Balaban J connectivity index is 1.92. The number of benzene rings is 1. The molecule has 5 nitrogen and oxygen atoms in total. The number of anilines is 1. The van der Waals surface area contributed by atoms with E-state index in [9.17, 15) is 14.0 Å². The molecule has 1 aromatic carbocycles. The quantitative estimate of drug-likeness (QED) is 0.874. The summed E-state index contributed by atoms with van der Waals surface area (Å²) in [5.41, 5.74) is 0.415. The summed E-state index contributed by atoms with van der Waals surface area (Å²) in [6.07, 6.45) is 3.51. The number of piperidine rings is 1. The lowest BCUT2D eigenvalue weighted by molar-refractivity contribution is -0.116. The summed E-state index contributed by atoms with van der Waals surface area (Å²) < 4.78 is 13.7. The van der Waals surface area contributed by atoms with Crippen molar-refractivity contribution >= 4 is 17.5 Å². The van der Waals surface area contributed by atoms with E-state index in [1.54, 1.807) is 14.1 Å². The van der Waals surface area contributed by atoms with Crippen LogP contribution in [0.4, 0.5) is 10.1 Å². The molecule has 0 spiro atoms. The van der Waals surface area contributed by atoms with Gasteiger partial charge in [-0.25, -0.2) is 4.39 Å². The van der Waals surface area contributed by atoms with Crippen molar-refractivity contribution in [3.8, 4) is 0 Å². The molecule has 0 atom stereocenters. The Morgan fingerprint density at radius 3 is 2.65 bits per heavy atom. The number of carbonyl (C=O) groups excluding carboxylic acids is 2. The molecule has 2 amide bonds. The van der Waals surface area contributed by atoms with E-state index in [1.165, 1.54) is 23.1 Å². The molecule has 0 bridgehead atoms. The minimum atomic E-state index is -0.587. The Morgan fingerprint density at radius 1 is 1.30 bits per heavy atom. The Labute approximate surface area is 136 Å². The fraction of sp³-hybridized carbons (Fsp3) is 0.529. The number of rotatable bonds is 5. The monoisotopic (exact) mass is 321 g/mol. The maximum atomic E-state index is 13.7. The van der Waals surface area contributed by atoms with Crippen LogP contribution in [-0.2, 0) is 4.79 Å². The van der Waals surface area contributed by atoms with Crippen LogP contribution in [0.5, 0.6) is 0 Å². The normalized spacial score (nSPS) is 15.3. The Morgan fingerprint density at radius 2 is 2.00 bits per heavy atom. The number of nitrogens with zero attached hydrogens (tertiary/aromatic N) is 1. The molecule has 0 aromatic heterocycles. The van der Waals surface area contributed by atoms with Crippen LogP contribution < -0.4 is 10.6 Å². The van der Waals surface area contributed by atoms with Crippen molar-refractivity contribution in [3.63, 3.8) is 0 Å². The van der Waals surface area contributed by atoms with Crippen molar-refractivity contribution in [3.05, 3.63) is 29.6 Å². The molecule has 1 aliphatic rings. The summed E-state index contributed by atoms with van der Waals surface area (Å²) in [5.74, 6) is -0.524. The zero-order valence-corrected chi connectivity index (χ0v) is 13.7. The van der Waals surface area contributed by atoms with E-state index in [2.05, 4.69) is 10.6 Å². The highest BCUT2D eigenvalue weighted by Crippen LogP contribution is 2.19. The van der Waals surface area contributed by atoms with Gasteiger partial charge in [0.1, 0.15) is 5.82 Å². The molecule has 0 saturated carbocycles. The zero-order valence-electron chi connectivity index (χ0n) is 13.7. The highest BCUT2D eigenvalue weighted by atomic mass is 19.1. The minimum absolute atomic E-state index is 0.0360. The number of hydrogen-bond acceptors (Lipinski definition) is 3. The first-order chi connectivity index (χ1) is 11.0. The smallest absolute Gasteiger partial charge is 0.256 e. The fourth-order valence-electron chi connectivity index (χ4n) is 2.74. The van der Waals surface area contributed by atoms with Crippen molar-refractivity contribution in [2.24, 2.45) is 5.92 Å². The van der Waals surface area contributed by atoms with Gasteiger partial charge in [-0.05, 0) is 56.5 Å². The molecule has 0 unspecified atom stereocenters. The molecular formula is C17H24FN3O2. The fourth-order valence-corrected chi connectivity index (χ4v) is 2.74. The Hall–Kier alpha value is -1.95. The van der Waals surface area contributed by atoms with Gasteiger partial charge in [-0.2, -0.15) is 0 Å². The van der Waals surface area contributed by atoms with Gasteiger partial charge >= 0.3 is 0 Å². The van der Waals surface area contributed by atoms with Crippen molar-refractivity contribution < 1.29 is 14.0 Å². The van der Waals surface area contributed by atoms with Crippen LogP contribution in [0, 0.1) is 11.7 Å². The third-order valence-electron chi connectivity index (χ3n) is 4.13. The van der Waals surface area contributed by atoms with Crippen LogP contribution in [0.3, 0.4) is 0 Å². The standard InChI is InChI=1S/C17H24FN3O2/c1-21(2)17(23)14-11-13(4-5-15(14)18)20-16(22)6-3-12-7-9-19-10-8-12/h4-5,11-12,19H,3,6-10H2,1-2H3,(H,20,22). The molecule has 23 heavy (non-hydrogen) atoms. The summed E-state index contributed by atoms with van der Waals surface area (Å²) in [7, 11) is 3.12. The van der Waals surface area contributed by atoms with Gasteiger partial charge in [0.05, 0.1) is 5.56 Å². The first-order valence-electron chi connectivity index (χ1n) is 7.99. The van der Waals surface area contributed by atoms with E-state index in [-0.39, 0.29) is 11.5 Å². The van der Waals surface area contributed by atoms with Crippen molar-refractivity contribution in [2.45, 2.75) is 25.7 Å². The van der Waals surface area contributed by atoms with Gasteiger partial charge in [0, 0.05) is 26.2 Å². The van der Waals surface area contributed by atoms with Crippen LogP contribution in [0.1, 0.15) is 36.0 Å². The molecule has 126 valence electrons. The minimum Gasteiger partial charge on any atom is -0.345 e. The number of halogens is 1. The predicted octanol–water partition coefficient (Wildman–Crippen LogP) is 2.25. The number of amides is 2. The Kier molecular flexibility index (Phi) is 6.10. The summed E-state index contributed by atoms with van der Waals surface area (Å²) >= 11 is 0. The molecular weight excluding hydrogens is 297 g/mol. The Bertz CT molecular complexity index is 569. The molecule has 2 rings (SSSR count). The molecule has 6 heteroatoms. The van der Waals surface area contributed by atoms with Crippen LogP contribution >= 0.6 is 0 Å². The molecule has 0 aliphatic carbocycles. The summed E-state index contributed by atoms with van der Waals surface area (Å²) in [6.45, 7) is 2.03. The van der Waals surface area contributed by atoms with E-state index < -0.39 is 11.7 Å². The molecule has 2 N–H and O–H groups in total. The van der Waals surface area contributed by atoms with Gasteiger partial charge in [-0.3, -0.25) is 9.59 Å². The molecule has 1 saturated heterocycles. The van der Waals surface area contributed by atoms with E-state index in [0.717, 1.165) is 32.4 Å². The lowest BCUT2D eigenvalue weighted by Gasteiger charge is -2.22. The largest absolute Gasteiger partial charge is 0.345 e. The van der Waals surface area contributed by atoms with Crippen LogP contribution in [0.2, 0.25) is 0 Å². The van der Waals surface area contributed by atoms with Gasteiger partial charge in [0.25, 0.3) is 5.91 Å². The SMILES string of the molecule is CN(C)C(=O)c1cc(NC(=O)CCC2CCNCC2)ccc1F. The van der Waals surface area contributed by atoms with Gasteiger partial charge in [0.15, 0.2) is 0 Å². The second-order valence-electron chi connectivity index (χ2n) is 6.17. The van der Waals surface area contributed by atoms with Crippen LogP contribution in [0.25, 0.3) is 0 Å². The summed E-state index contributed by atoms with van der Waals surface area (Å²) in [5, 5.41) is 6.05. The molecule has 1 fully saturated rings. The van der Waals surface area contributed by atoms with E-state index in [0.29, 0.717) is 18.0 Å². The first kappa shape index (κ1) is 17.4. The van der Waals surface area contributed by atoms with Gasteiger partial charge < -0.3 is 15.5 Å². The lowest BCUT2D eigenvalue weighted by Crippen LogP contribution is -2.28.